The van der Waals surface area contributed by atoms with Gasteiger partial charge in [-0.3, -0.25) is 14.5 Å². The summed E-state index contributed by atoms with van der Waals surface area (Å²) >= 11 is 1.70. The van der Waals surface area contributed by atoms with Crippen LogP contribution in [0.2, 0.25) is 0 Å². The molecule has 0 spiro atoms. The van der Waals surface area contributed by atoms with Gasteiger partial charge in [0, 0.05) is 37.6 Å². The normalized spacial score (nSPS) is 18.8. The predicted molar refractivity (Wildman–Crippen MR) is 96.6 cm³/mol. The smallest absolute Gasteiger partial charge is 0.264 e. The van der Waals surface area contributed by atoms with Gasteiger partial charge in [-0.25, -0.2) is 0 Å². The maximum atomic E-state index is 12.8. The van der Waals surface area contributed by atoms with E-state index in [-0.39, 0.29) is 11.8 Å². The third-order valence-corrected chi connectivity index (χ3v) is 6.08. The topological polar surface area (TPSA) is 52.7 Å². The Hall–Kier alpha value is -1.40. The zero-order chi connectivity index (χ0) is 16.9. The van der Waals surface area contributed by atoms with E-state index in [1.807, 2.05) is 11.8 Å². The summed E-state index contributed by atoms with van der Waals surface area (Å²) in [6.45, 7) is 5.99. The Morgan fingerprint density at radius 2 is 1.88 bits per heavy atom. The minimum atomic E-state index is 0.0688. The summed E-state index contributed by atoms with van der Waals surface area (Å²) in [6, 6.07) is 2.13. The number of amides is 2. The van der Waals surface area contributed by atoms with E-state index in [0.29, 0.717) is 26.2 Å². The van der Waals surface area contributed by atoms with E-state index in [4.69, 9.17) is 0 Å². The Kier molecular flexibility index (Phi) is 5.89. The summed E-state index contributed by atoms with van der Waals surface area (Å²) in [5.74, 6) is 0.241. The summed E-state index contributed by atoms with van der Waals surface area (Å²) in [4.78, 5) is 30.8. The summed E-state index contributed by atoms with van der Waals surface area (Å²) in [5.41, 5.74) is 1.40. The van der Waals surface area contributed by atoms with Gasteiger partial charge < -0.3 is 10.2 Å². The van der Waals surface area contributed by atoms with Crippen molar-refractivity contribution in [3.63, 3.8) is 0 Å². The fourth-order valence-electron chi connectivity index (χ4n) is 3.49. The number of nitrogens with zero attached hydrogens (tertiary/aromatic N) is 2. The van der Waals surface area contributed by atoms with Crippen molar-refractivity contribution in [2.24, 2.45) is 0 Å². The summed E-state index contributed by atoms with van der Waals surface area (Å²) in [6.07, 6.45) is 6.06. The van der Waals surface area contributed by atoms with Gasteiger partial charge >= 0.3 is 0 Å². The fourth-order valence-corrected chi connectivity index (χ4v) is 4.72. The van der Waals surface area contributed by atoms with Crippen molar-refractivity contribution in [1.29, 1.82) is 0 Å². The molecule has 0 atom stereocenters. The molecule has 2 aliphatic rings. The molecule has 0 bridgehead atoms. The first kappa shape index (κ1) is 17.4. The molecule has 3 rings (SSSR count). The first-order valence-corrected chi connectivity index (χ1v) is 9.89. The number of hydrogen-bond acceptors (Lipinski definition) is 4. The van der Waals surface area contributed by atoms with Gasteiger partial charge in [-0.05, 0) is 44.2 Å². The lowest BCUT2D eigenvalue weighted by Gasteiger charge is -2.34. The average Bonchev–Trinajstić information content (AvgIpc) is 2.86. The van der Waals surface area contributed by atoms with Gasteiger partial charge in [-0.15, -0.1) is 11.3 Å². The molecule has 2 amide bonds. The molecule has 6 heteroatoms. The number of hydrogen-bond donors (Lipinski definition) is 1. The highest BCUT2D eigenvalue weighted by Gasteiger charge is 2.25. The molecule has 5 nitrogen and oxygen atoms in total. The van der Waals surface area contributed by atoms with Gasteiger partial charge in [0.1, 0.15) is 0 Å². The number of piperazine rings is 1. The molecule has 24 heavy (non-hydrogen) atoms. The van der Waals surface area contributed by atoms with Crippen LogP contribution in [0.5, 0.6) is 0 Å². The number of aryl methyl sites for hydroxylation is 2. The molecule has 1 aliphatic carbocycles. The highest BCUT2D eigenvalue weighted by atomic mass is 32.1. The van der Waals surface area contributed by atoms with E-state index >= 15 is 0 Å². The van der Waals surface area contributed by atoms with Crippen molar-refractivity contribution < 1.29 is 9.59 Å². The molecule has 2 heterocycles. The second-order valence-electron chi connectivity index (χ2n) is 6.64. The molecule has 1 aromatic heterocycles. The monoisotopic (exact) mass is 349 g/mol. The quantitative estimate of drug-likeness (QED) is 0.845. The summed E-state index contributed by atoms with van der Waals surface area (Å²) < 4.78 is 0. The van der Waals surface area contributed by atoms with Crippen molar-refractivity contribution in [2.45, 2.75) is 39.0 Å². The van der Waals surface area contributed by atoms with Gasteiger partial charge in [0.25, 0.3) is 5.91 Å². The van der Waals surface area contributed by atoms with Gasteiger partial charge in [-0.2, -0.15) is 0 Å². The summed E-state index contributed by atoms with van der Waals surface area (Å²) in [7, 11) is 0. The molecule has 1 N–H and O–H groups in total. The molecule has 0 aromatic carbocycles. The standard InChI is InChI=1S/C18H27N3O2S/c1-2-19-17(22)13-20-8-10-21(11-9-20)18(23)16-12-14-6-4-3-5-7-15(14)24-16/h12H,2-11,13H2,1H3,(H,19,22). The number of rotatable bonds is 4. The Bertz CT molecular complexity index is 568. The molecule has 0 radical (unpaired) electrons. The largest absolute Gasteiger partial charge is 0.355 e. The lowest BCUT2D eigenvalue weighted by Crippen LogP contribution is -2.51. The van der Waals surface area contributed by atoms with Crippen molar-refractivity contribution in [2.75, 3.05) is 39.3 Å². The van der Waals surface area contributed by atoms with Crippen molar-refractivity contribution in [1.82, 2.24) is 15.1 Å². The lowest BCUT2D eigenvalue weighted by molar-refractivity contribution is -0.122. The zero-order valence-corrected chi connectivity index (χ0v) is 15.3. The molecule has 0 saturated carbocycles. The molecule has 132 valence electrons. The molecule has 0 unspecified atom stereocenters. The number of carbonyl (C=O) groups excluding carboxylic acids is 2. The van der Waals surface area contributed by atoms with E-state index in [0.717, 1.165) is 30.8 Å². The van der Waals surface area contributed by atoms with Crippen LogP contribution in [0.25, 0.3) is 0 Å². The van der Waals surface area contributed by atoms with Crippen LogP contribution >= 0.6 is 11.3 Å². The van der Waals surface area contributed by atoms with Crippen LogP contribution < -0.4 is 5.32 Å². The maximum absolute atomic E-state index is 12.8. The minimum absolute atomic E-state index is 0.0688. The van der Waals surface area contributed by atoms with Crippen LogP contribution in [0, 0.1) is 0 Å². The van der Waals surface area contributed by atoms with Crippen molar-refractivity contribution >= 4 is 23.2 Å². The van der Waals surface area contributed by atoms with Crippen LogP contribution in [0.1, 0.15) is 46.3 Å². The van der Waals surface area contributed by atoms with Crippen LogP contribution in [0.15, 0.2) is 6.07 Å². The second kappa shape index (κ2) is 8.12. The van der Waals surface area contributed by atoms with Crippen LogP contribution in [0.4, 0.5) is 0 Å². The highest BCUT2D eigenvalue weighted by molar-refractivity contribution is 7.14. The van der Waals surface area contributed by atoms with Gasteiger partial charge in [0.2, 0.25) is 5.91 Å². The van der Waals surface area contributed by atoms with Crippen LogP contribution in [-0.2, 0) is 17.6 Å². The third kappa shape index (κ3) is 4.16. The van der Waals surface area contributed by atoms with Crippen LogP contribution in [-0.4, -0.2) is 60.9 Å². The SMILES string of the molecule is CCNC(=O)CN1CCN(C(=O)c2cc3c(s2)CCCCC3)CC1. The highest BCUT2D eigenvalue weighted by Crippen LogP contribution is 2.29. The lowest BCUT2D eigenvalue weighted by atomic mass is 10.1. The molecule has 1 aromatic rings. The molecule has 1 fully saturated rings. The minimum Gasteiger partial charge on any atom is -0.355 e. The Balaban J connectivity index is 1.54. The van der Waals surface area contributed by atoms with E-state index in [1.165, 1.54) is 29.7 Å². The van der Waals surface area contributed by atoms with E-state index < -0.39 is 0 Å². The Labute approximate surface area is 148 Å². The fraction of sp³-hybridized carbons (Fsp3) is 0.667. The number of fused-ring (bicyclic) bond motifs is 1. The summed E-state index contributed by atoms with van der Waals surface area (Å²) in [5, 5.41) is 2.83. The third-order valence-electron chi connectivity index (χ3n) is 4.86. The average molecular weight is 350 g/mol. The van der Waals surface area contributed by atoms with Crippen molar-refractivity contribution in [3.05, 3.63) is 21.4 Å². The number of likely N-dealkylation sites (N-methyl/N-ethyl adjacent to an activating group) is 1. The molecule has 1 aliphatic heterocycles. The first-order chi connectivity index (χ1) is 11.7. The van der Waals surface area contributed by atoms with Gasteiger partial charge in [0.15, 0.2) is 0 Å². The maximum Gasteiger partial charge on any atom is 0.264 e. The Morgan fingerprint density at radius 1 is 1.12 bits per heavy atom. The molecular formula is C18H27N3O2S. The predicted octanol–water partition coefficient (Wildman–Crippen LogP) is 1.91. The van der Waals surface area contributed by atoms with E-state index in [2.05, 4.69) is 16.3 Å². The molecule has 1 saturated heterocycles. The van der Waals surface area contributed by atoms with Gasteiger partial charge in [-0.1, -0.05) is 6.42 Å². The zero-order valence-electron chi connectivity index (χ0n) is 14.5. The van der Waals surface area contributed by atoms with E-state index in [9.17, 15) is 9.59 Å². The Morgan fingerprint density at radius 3 is 2.62 bits per heavy atom. The van der Waals surface area contributed by atoms with Gasteiger partial charge in [0.05, 0.1) is 11.4 Å². The number of carbonyl (C=O) groups is 2. The first-order valence-electron chi connectivity index (χ1n) is 9.07. The molecular weight excluding hydrogens is 322 g/mol. The number of nitrogens with one attached hydrogen (secondary N) is 1. The second-order valence-corrected chi connectivity index (χ2v) is 7.78. The number of thiophene rings is 1. The van der Waals surface area contributed by atoms with Crippen LogP contribution in [0.3, 0.4) is 0 Å². The van der Waals surface area contributed by atoms with E-state index in [1.54, 1.807) is 11.3 Å². The van der Waals surface area contributed by atoms with Crippen molar-refractivity contribution in [3.8, 4) is 0 Å².